The van der Waals surface area contributed by atoms with E-state index in [-0.39, 0.29) is 17.5 Å². The van der Waals surface area contributed by atoms with Gasteiger partial charge in [0.1, 0.15) is 5.82 Å². The lowest BCUT2D eigenvalue weighted by molar-refractivity contribution is 0.0926. The number of fused-ring (bicyclic) bond motifs is 1. The molecule has 0 aliphatic carbocycles. The molecule has 7 nitrogen and oxygen atoms in total. The number of methoxy groups -OCH3 is 1. The van der Waals surface area contributed by atoms with Crippen molar-refractivity contribution < 1.29 is 9.53 Å². The zero-order chi connectivity index (χ0) is 16.2. The van der Waals surface area contributed by atoms with E-state index in [4.69, 9.17) is 4.74 Å². The fraction of sp³-hybridized carbons (Fsp3) is 0.438. The van der Waals surface area contributed by atoms with Crippen LogP contribution in [-0.2, 0) is 24.2 Å². The Kier molecular flexibility index (Phi) is 4.57. The van der Waals surface area contributed by atoms with Gasteiger partial charge in [0.05, 0.1) is 12.2 Å². The maximum Gasteiger partial charge on any atom is 0.253 e. The van der Waals surface area contributed by atoms with Crippen LogP contribution in [0, 0.1) is 0 Å². The zero-order valence-corrected chi connectivity index (χ0v) is 13.1. The smallest absolute Gasteiger partial charge is 0.253 e. The second-order valence-corrected chi connectivity index (χ2v) is 5.65. The van der Waals surface area contributed by atoms with Crippen molar-refractivity contribution in [3.8, 4) is 0 Å². The highest BCUT2D eigenvalue weighted by molar-refractivity contribution is 5.94. The fourth-order valence-electron chi connectivity index (χ4n) is 2.78. The molecule has 23 heavy (non-hydrogen) atoms. The van der Waals surface area contributed by atoms with Gasteiger partial charge in [0.25, 0.3) is 11.5 Å². The van der Waals surface area contributed by atoms with Crippen LogP contribution in [0.15, 0.2) is 35.5 Å². The Balaban J connectivity index is 1.68. The SMILES string of the molecule is COCCn1cc(C(=O)N[C@@H]2CCc3nccn3C2)ccc1=O. The number of rotatable bonds is 5. The number of imidazole rings is 1. The van der Waals surface area contributed by atoms with E-state index in [2.05, 4.69) is 14.9 Å². The van der Waals surface area contributed by atoms with E-state index in [1.165, 1.54) is 10.6 Å². The number of ether oxygens (including phenoxy) is 1. The summed E-state index contributed by atoms with van der Waals surface area (Å²) in [4.78, 5) is 28.5. The number of hydrogen-bond donors (Lipinski definition) is 1. The van der Waals surface area contributed by atoms with Crippen molar-refractivity contribution in [2.45, 2.75) is 32.0 Å². The average molecular weight is 316 g/mol. The molecule has 0 fully saturated rings. The molecule has 1 amide bonds. The van der Waals surface area contributed by atoms with Crippen LogP contribution >= 0.6 is 0 Å². The molecular formula is C16H20N4O3. The second-order valence-electron chi connectivity index (χ2n) is 5.65. The number of carbonyl (C=O) groups excluding carboxylic acids is 1. The molecule has 0 spiro atoms. The molecule has 1 atom stereocenters. The Morgan fingerprint density at radius 3 is 3.17 bits per heavy atom. The van der Waals surface area contributed by atoms with E-state index < -0.39 is 0 Å². The van der Waals surface area contributed by atoms with Crippen LogP contribution in [0.4, 0.5) is 0 Å². The molecule has 2 aromatic rings. The molecule has 0 saturated carbocycles. The first-order valence-electron chi connectivity index (χ1n) is 7.67. The van der Waals surface area contributed by atoms with Crippen molar-refractivity contribution in [1.29, 1.82) is 0 Å². The number of aromatic nitrogens is 3. The quantitative estimate of drug-likeness (QED) is 0.868. The van der Waals surface area contributed by atoms with Crippen molar-refractivity contribution in [3.05, 3.63) is 52.5 Å². The Morgan fingerprint density at radius 2 is 2.35 bits per heavy atom. The van der Waals surface area contributed by atoms with Gasteiger partial charge in [0.15, 0.2) is 0 Å². The minimum atomic E-state index is -0.162. The molecule has 1 aliphatic rings. The molecular weight excluding hydrogens is 296 g/mol. The molecule has 7 heteroatoms. The molecule has 3 rings (SSSR count). The first kappa shape index (κ1) is 15.5. The van der Waals surface area contributed by atoms with Gasteiger partial charge in [0, 0.05) is 57.3 Å². The highest BCUT2D eigenvalue weighted by atomic mass is 16.5. The van der Waals surface area contributed by atoms with Gasteiger partial charge in [-0.15, -0.1) is 0 Å². The van der Waals surface area contributed by atoms with Gasteiger partial charge < -0.3 is 19.2 Å². The van der Waals surface area contributed by atoms with E-state index in [9.17, 15) is 9.59 Å². The summed E-state index contributed by atoms with van der Waals surface area (Å²) in [5, 5.41) is 3.03. The Bertz CT molecular complexity index is 750. The van der Waals surface area contributed by atoms with Gasteiger partial charge in [-0.1, -0.05) is 0 Å². The Labute approximate surface area is 133 Å². The predicted octanol–water partition coefficient (Wildman–Crippen LogP) is 0.436. The summed E-state index contributed by atoms with van der Waals surface area (Å²) in [7, 11) is 1.58. The summed E-state index contributed by atoms with van der Waals surface area (Å²) < 4.78 is 8.54. The molecule has 122 valence electrons. The van der Waals surface area contributed by atoms with E-state index in [0.29, 0.717) is 18.7 Å². The molecule has 1 aliphatic heterocycles. The number of hydrogen-bond acceptors (Lipinski definition) is 4. The fourth-order valence-corrected chi connectivity index (χ4v) is 2.78. The molecule has 0 radical (unpaired) electrons. The third-order valence-corrected chi connectivity index (χ3v) is 4.05. The van der Waals surface area contributed by atoms with Gasteiger partial charge in [-0.3, -0.25) is 9.59 Å². The molecule has 3 heterocycles. The van der Waals surface area contributed by atoms with Crippen LogP contribution in [0.3, 0.4) is 0 Å². The van der Waals surface area contributed by atoms with E-state index >= 15 is 0 Å². The minimum Gasteiger partial charge on any atom is -0.383 e. The zero-order valence-electron chi connectivity index (χ0n) is 13.1. The predicted molar refractivity (Wildman–Crippen MR) is 84.4 cm³/mol. The van der Waals surface area contributed by atoms with Crippen molar-refractivity contribution in [3.63, 3.8) is 0 Å². The average Bonchev–Trinajstić information content (AvgIpc) is 3.01. The maximum atomic E-state index is 12.4. The number of pyridine rings is 1. The number of aryl methyl sites for hydroxylation is 1. The lowest BCUT2D eigenvalue weighted by atomic mass is 10.1. The van der Waals surface area contributed by atoms with E-state index in [1.54, 1.807) is 25.6 Å². The van der Waals surface area contributed by atoms with Crippen molar-refractivity contribution >= 4 is 5.91 Å². The van der Waals surface area contributed by atoms with Gasteiger partial charge >= 0.3 is 0 Å². The Morgan fingerprint density at radius 1 is 1.48 bits per heavy atom. The van der Waals surface area contributed by atoms with Gasteiger partial charge in [-0.05, 0) is 12.5 Å². The largest absolute Gasteiger partial charge is 0.383 e. The van der Waals surface area contributed by atoms with Crippen LogP contribution in [0.5, 0.6) is 0 Å². The van der Waals surface area contributed by atoms with Crippen molar-refractivity contribution in [1.82, 2.24) is 19.4 Å². The number of nitrogens with one attached hydrogen (secondary N) is 1. The summed E-state index contributed by atoms with van der Waals surface area (Å²) in [6, 6.07) is 3.05. The monoisotopic (exact) mass is 316 g/mol. The third kappa shape index (κ3) is 3.50. The normalized spacial score (nSPS) is 16.8. The van der Waals surface area contributed by atoms with Crippen molar-refractivity contribution in [2.75, 3.05) is 13.7 Å². The Hall–Kier alpha value is -2.41. The summed E-state index contributed by atoms with van der Waals surface area (Å²) in [5.41, 5.74) is 0.344. The first-order valence-corrected chi connectivity index (χ1v) is 7.67. The first-order chi connectivity index (χ1) is 11.2. The molecule has 0 saturated heterocycles. The highest BCUT2D eigenvalue weighted by Crippen LogP contribution is 2.13. The van der Waals surface area contributed by atoms with Crippen LogP contribution in [0.1, 0.15) is 22.6 Å². The molecule has 0 aromatic carbocycles. The van der Waals surface area contributed by atoms with Crippen LogP contribution in [-0.4, -0.2) is 39.8 Å². The number of amides is 1. The third-order valence-electron chi connectivity index (χ3n) is 4.05. The minimum absolute atomic E-state index is 0.0727. The van der Waals surface area contributed by atoms with Gasteiger partial charge in [-0.2, -0.15) is 0 Å². The van der Waals surface area contributed by atoms with Gasteiger partial charge in [0.2, 0.25) is 0 Å². The maximum absolute atomic E-state index is 12.4. The topological polar surface area (TPSA) is 78.2 Å². The molecule has 0 bridgehead atoms. The summed E-state index contributed by atoms with van der Waals surface area (Å²) >= 11 is 0. The number of nitrogens with zero attached hydrogens (tertiary/aromatic N) is 3. The standard InChI is InChI=1S/C16H20N4O3/c1-23-9-8-20-10-12(2-5-15(20)21)16(22)18-13-3-4-14-17-6-7-19(14)11-13/h2,5-7,10,13H,3-4,8-9,11H2,1H3,(H,18,22)/t13-/m1/s1. The molecule has 0 unspecified atom stereocenters. The highest BCUT2D eigenvalue weighted by Gasteiger charge is 2.21. The summed E-state index contributed by atoms with van der Waals surface area (Å²) in [6.45, 7) is 1.58. The molecule has 1 N–H and O–H groups in total. The van der Waals surface area contributed by atoms with Crippen LogP contribution in [0.2, 0.25) is 0 Å². The van der Waals surface area contributed by atoms with Gasteiger partial charge in [-0.25, -0.2) is 4.98 Å². The molecule has 2 aromatic heterocycles. The second kappa shape index (κ2) is 6.78. The lowest BCUT2D eigenvalue weighted by Crippen LogP contribution is -2.41. The summed E-state index contributed by atoms with van der Waals surface area (Å²) in [6.07, 6.45) is 7.02. The van der Waals surface area contributed by atoms with E-state index in [0.717, 1.165) is 25.2 Å². The van der Waals surface area contributed by atoms with E-state index in [1.807, 2.05) is 6.20 Å². The summed E-state index contributed by atoms with van der Waals surface area (Å²) in [5.74, 6) is 0.897. The van der Waals surface area contributed by atoms with Crippen molar-refractivity contribution in [2.24, 2.45) is 0 Å². The number of carbonyl (C=O) groups is 1. The lowest BCUT2D eigenvalue weighted by Gasteiger charge is -2.24. The van der Waals surface area contributed by atoms with Crippen LogP contribution < -0.4 is 10.9 Å². The van der Waals surface area contributed by atoms with Crippen LogP contribution in [0.25, 0.3) is 0 Å².